The summed E-state index contributed by atoms with van der Waals surface area (Å²) >= 11 is 6.40. The maximum Gasteiger partial charge on any atom is 0.247 e. The monoisotopic (exact) mass is 410 g/mol. The van der Waals surface area contributed by atoms with Crippen LogP contribution >= 0.6 is 11.6 Å². The summed E-state index contributed by atoms with van der Waals surface area (Å²) in [5.74, 6) is -1.73. The Morgan fingerprint density at radius 1 is 1.04 bits per heavy atom. The van der Waals surface area contributed by atoms with E-state index in [2.05, 4.69) is 10.6 Å². The number of carbonyl (C=O) groups excluding carboxylic acids is 4. The highest BCUT2D eigenvalue weighted by molar-refractivity contribution is 6.34. The quantitative estimate of drug-likeness (QED) is 0.388. The number of halogens is 1. The summed E-state index contributed by atoms with van der Waals surface area (Å²) in [4.78, 5) is 45.6. The van der Waals surface area contributed by atoms with Crippen LogP contribution in [0.4, 0.5) is 5.69 Å². The second-order valence-corrected chi connectivity index (χ2v) is 6.93. The number of primary amides is 2. The van der Waals surface area contributed by atoms with Crippen LogP contribution in [0.15, 0.2) is 18.2 Å². The number of rotatable bonds is 12. The lowest BCUT2D eigenvalue weighted by Crippen LogP contribution is -2.43. The van der Waals surface area contributed by atoms with E-state index in [1.165, 1.54) is 6.92 Å². The molecule has 0 heterocycles. The van der Waals surface area contributed by atoms with Crippen molar-refractivity contribution in [3.8, 4) is 0 Å². The molecular formula is C19H27ClN4O4. The maximum absolute atomic E-state index is 12.5. The molecule has 0 radical (unpaired) electrons. The van der Waals surface area contributed by atoms with Gasteiger partial charge in [0.15, 0.2) is 0 Å². The van der Waals surface area contributed by atoms with Gasteiger partial charge in [0.1, 0.15) is 6.04 Å². The highest BCUT2D eigenvalue weighted by Crippen LogP contribution is 2.27. The van der Waals surface area contributed by atoms with Gasteiger partial charge >= 0.3 is 0 Å². The van der Waals surface area contributed by atoms with Gasteiger partial charge in [0.2, 0.25) is 23.6 Å². The standard InChI is InChI=1S/C19H27ClN4O4/c1-12(25)23-15(10-11-17(22)27)19(28)24-14-8-5-7-13(18(14)20)6-3-2-4-9-16(21)26/h5,7-8,15H,2-4,6,9-11H2,1H3,(H2,21,26)(H2,22,27)(H,23,25)(H,24,28)/t15-/m0/s1. The molecule has 28 heavy (non-hydrogen) atoms. The van der Waals surface area contributed by atoms with Crippen molar-refractivity contribution in [1.29, 1.82) is 0 Å². The number of hydrogen-bond acceptors (Lipinski definition) is 4. The average Bonchev–Trinajstić information content (AvgIpc) is 2.60. The molecule has 0 aliphatic rings. The van der Waals surface area contributed by atoms with E-state index in [0.717, 1.165) is 24.8 Å². The summed E-state index contributed by atoms with van der Waals surface area (Å²) in [7, 11) is 0. The van der Waals surface area contributed by atoms with E-state index in [1.54, 1.807) is 12.1 Å². The van der Waals surface area contributed by atoms with Crippen LogP contribution in [0.3, 0.4) is 0 Å². The molecule has 0 fully saturated rings. The molecular weight excluding hydrogens is 384 g/mol. The van der Waals surface area contributed by atoms with E-state index in [-0.39, 0.29) is 24.7 Å². The fourth-order valence-electron chi connectivity index (χ4n) is 2.68. The van der Waals surface area contributed by atoms with Crippen LogP contribution in [-0.2, 0) is 25.6 Å². The summed E-state index contributed by atoms with van der Waals surface area (Å²) < 4.78 is 0. The molecule has 0 aliphatic heterocycles. The Morgan fingerprint density at radius 2 is 1.71 bits per heavy atom. The first kappa shape index (κ1) is 23.4. The van der Waals surface area contributed by atoms with Crippen molar-refractivity contribution in [2.45, 2.75) is 57.9 Å². The minimum Gasteiger partial charge on any atom is -0.370 e. The number of nitrogens with one attached hydrogen (secondary N) is 2. The predicted molar refractivity (Wildman–Crippen MR) is 107 cm³/mol. The van der Waals surface area contributed by atoms with E-state index in [0.29, 0.717) is 23.6 Å². The van der Waals surface area contributed by atoms with Crippen LogP contribution < -0.4 is 22.1 Å². The molecule has 9 heteroatoms. The van der Waals surface area contributed by atoms with E-state index in [1.807, 2.05) is 6.07 Å². The summed E-state index contributed by atoms with van der Waals surface area (Å²) in [6, 6.07) is 4.41. The molecule has 154 valence electrons. The minimum absolute atomic E-state index is 0.0303. The summed E-state index contributed by atoms with van der Waals surface area (Å²) in [5.41, 5.74) is 11.5. The lowest BCUT2D eigenvalue weighted by atomic mass is 10.0. The van der Waals surface area contributed by atoms with E-state index in [4.69, 9.17) is 23.1 Å². The zero-order chi connectivity index (χ0) is 21.1. The average molecular weight is 411 g/mol. The van der Waals surface area contributed by atoms with Gasteiger partial charge in [0.25, 0.3) is 0 Å². The summed E-state index contributed by atoms with van der Waals surface area (Å²) in [6.07, 6.45) is 3.51. The molecule has 0 spiro atoms. The Morgan fingerprint density at radius 3 is 2.32 bits per heavy atom. The number of carbonyl (C=O) groups is 4. The minimum atomic E-state index is -0.890. The van der Waals surface area contributed by atoms with Crippen molar-refractivity contribution in [1.82, 2.24) is 5.32 Å². The van der Waals surface area contributed by atoms with Gasteiger partial charge in [-0.1, -0.05) is 30.2 Å². The van der Waals surface area contributed by atoms with Crippen LogP contribution in [0.1, 0.15) is 51.0 Å². The van der Waals surface area contributed by atoms with Gasteiger partial charge < -0.3 is 22.1 Å². The number of amides is 4. The first-order valence-corrected chi connectivity index (χ1v) is 9.50. The van der Waals surface area contributed by atoms with E-state index in [9.17, 15) is 19.2 Å². The van der Waals surface area contributed by atoms with Crippen molar-refractivity contribution in [3.63, 3.8) is 0 Å². The maximum atomic E-state index is 12.5. The SMILES string of the molecule is CC(=O)N[C@@H](CCC(N)=O)C(=O)Nc1cccc(CCCCCC(N)=O)c1Cl. The molecule has 0 unspecified atom stereocenters. The van der Waals surface area contributed by atoms with Crippen molar-refractivity contribution < 1.29 is 19.2 Å². The molecule has 6 N–H and O–H groups in total. The second kappa shape index (κ2) is 12.0. The molecule has 1 atom stereocenters. The Kier molecular flexibility index (Phi) is 10.0. The van der Waals surface area contributed by atoms with Crippen molar-refractivity contribution in [2.75, 3.05) is 5.32 Å². The van der Waals surface area contributed by atoms with Gasteiger partial charge in [-0.2, -0.15) is 0 Å². The predicted octanol–water partition coefficient (Wildman–Crippen LogP) is 1.64. The molecule has 0 saturated heterocycles. The lowest BCUT2D eigenvalue weighted by molar-refractivity contribution is -0.126. The molecule has 1 rings (SSSR count). The van der Waals surface area contributed by atoms with Crippen LogP contribution in [0.2, 0.25) is 5.02 Å². The fraction of sp³-hybridized carbons (Fsp3) is 0.474. The van der Waals surface area contributed by atoms with Gasteiger partial charge in [0, 0.05) is 19.8 Å². The number of aryl methyl sites for hydroxylation is 1. The van der Waals surface area contributed by atoms with E-state index < -0.39 is 17.9 Å². The third-order valence-corrected chi connectivity index (χ3v) is 4.53. The Labute approximate surface area is 169 Å². The van der Waals surface area contributed by atoms with Gasteiger partial charge in [-0.3, -0.25) is 19.2 Å². The number of nitrogens with two attached hydrogens (primary N) is 2. The zero-order valence-corrected chi connectivity index (χ0v) is 16.7. The van der Waals surface area contributed by atoms with Crippen molar-refractivity contribution >= 4 is 40.9 Å². The summed E-state index contributed by atoms with van der Waals surface area (Å²) in [6.45, 7) is 1.29. The van der Waals surface area contributed by atoms with Crippen molar-refractivity contribution in [2.24, 2.45) is 11.5 Å². The highest BCUT2D eigenvalue weighted by Gasteiger charge is 2.21. The topological polar surface area (TPSA) is 144 Å². The van der Waals surface area contributed by atoms with Crippen LogP contribution in [0, 0.1) is 0 Å². The third kappa shape index (κ3) is 8.85. The molecule has 4 amide bonds. The zero-order valence-electron chi connectivity index (χ0n) is 15.9. The normalized spacial score (nSPS) is 11.5. The first-order valence-electron chi connectivity index (χ1n) is 9.12. The highest BCUT2D eigenvalue weighted by atomic mass is 35.5. The Balaban J connectivity index is 2.72. The third-order valence-electron chi connectivity index (χ3n) is 4.08. The molecule has 0 aromatic heterocycles. The first-order chi connectivity index (χ1) is 13.2. The van der Waals surface area contributed by atoms with Crippen LogP contribution in [-0.4, -0.2) is 29.7 Å². The molecule has 0 saturated carbocycles. The number of benzene rings is 1. The Hall–Kier alpha value is -2.61. The van der Waals surface area contributed by atoms with E-state index >= 15 is 0 Å². The largest absolute Gasteiger partial charge is 0.370 e. The van der Waals surface area contributed by atoms with Crippen LogP contribution in [0.25, 0.3) is 0 Å². The van der Waals surface area contributed by atoms with Gasteiger partial charge in [-0.15, -0.1) is 0 Å². The fourth-order valence-corrected chi connectivity index (χ4v) is 2.95. The number of hydrogen-bond donors (Lipinski definition) is 4. The smallest absolute Gasteiger partial charge is 0.247 e. The Bertz CT molecular complexity index is 724. The number of anilines is 1. The molecule has 0 bridgehead atoms. The molecule has 8 nitrogen and oxygen atoms in total. The lowest BCUT2D eigenvalue weighted by Gasteiger charge is -2.18. The van der Waals surface area contributed by atoms with Gasteiger partial charge in [0.05, 0.1) is 10.7 Å². The second-order valence-electron chi connectivity index (χ2n) is 6.55. The molecule has 1 aromatic carbocycles. The molecule has 0 aliphatic carbocycles. The van der Waals surface area contributed by atoms with Crippen molar-refractivity contribution in [3.05, 3.63) is 28.8 Å². The number of unbranched alkanes of at least 4 members (excludes halogenated alkanes) is 2. The van der Waals surface area contributed by atoms with Gasteiger partial charge in [-0.05, 0) is 37.3 Å². The molecule has 1 aromatic rings. The van der Waals surface area contributed by atoms with Gasteiger partial charge in [-0.25, -0.2) is 0 Å². The summed E-state index contributed by atoms with van der Waals surface area (Å²) in [5, 5.41) is 5.62. The van der Waals surface area contributed by atoms with Crippen LogP contribution in [0.5, 0.6) is 0 Å².